The first kappa shape index (κ1) is 17.2. The number of hydrogen-bond acceptors (Lipinski definition) is 3. The Morgan fingerprint density at radius 1 is 1.29 bits per heavy atom. The van der Waals surface area contributed by atoms with Crippen LogP contribution in [-0.2, 0) is 11.3 Å². The van der Waals surface area contributed by atoms with Crippen LogP contribution < -0.4 is 16.0 Å². The zero-order valence-corrected chi connectivity index (χ0v) is 13.0. The second kappa shape index (κ2) is 9.13. The SMILES string of the molecule is CCC(C)NC(=O)c1cccc(CNC(=O)CCNC)c1. The molecule has 1 aromatic carbocycles. The van der Waals surface area contributed by atoms with Crippen molar-refractivity contribution in [2.24, 2.45) is 0 Å². The van der Waals surface area contributed by atoms with Crippen LogP contribution >= 0.6 is 0 Å². The summed E-state index contributed by atoms with van der Waals surface area (Å²) in [6.07, 6.45) is 1.34. The third kappa shape index (κ3) is 6.40. The van der Waals surface area contributed by atoms with E-state index in [2.05, 4.69) is 16.0 Å². The highest BCUT2D eigenvalue weighted by Crippen LogP contribution is 2.06. The van der Waals surface area contributed by atoms with Gasteiger partial charge in [0.2, 0.25) is 5.91 Å². The van der Waals surface area contributed by atoms with E-state index in [0.717, 1.165) is 12.0 Å². The van der Waals surface area contributed by atoms with Crippen LogP contribution in [0, 0.1) is 0 Å². The minimum Gasteiger partial charge on any atom is -0.352 e. The van der Waals surface area contributed by atoms with Crippen molar-refractivity contribution in [3.8, 4) is 0 Å². The second-order valence-electron chi connectivity index (χ2n) is 5.11. The maximum atomic E-state index is 12.0. The molecule has 0 aromatic heterocycles. The number of benzene rings is 1. The van der Waals surface area contributed by atoms with Crippen LogP contribution in [0.25, 0.3) is 0 Å². The Labute approximate surface area is 126 Å². The first-order valence-electron chi connectivity index (χ1n) is 7.38. The Kier molecular flexibility index (Phi) is 7.46. The molecule has 0 saturated carbocycles. The molecule has 0 radical (unpaired) electrons. The first-order valence-corrected chi connectivity index (χ1v) is 7.38. The molecule has 0 aliphatic heterocycles. The van der Waals surface area contributed by atoms with E-state index in [4.69, 9.17) is 0 Å². The summed E-state index contributed by atoms with van der Waals surface area (Å²) >= 11 is 0. The van der Waals surface area contributed by atoms with Crippen molar-refractivity contribution >= 4 is 11.8 Å². The van der Waals surface area contributed by atoms with Gasteiger partial charge in [-0.05, 0) is 38.1 Å². The van der Waals surface area contributed by atoms with Crippen molar-refractivity contribution in [3.63, 3.8) is 0 Å². The monoisotopic (exact) mass is 291 g/mol. The minimum atomic E-state index is -0.0762. The van der Waals surface area contributed by atoms with E-state index in [1.54, 1.807) is 6.07 Å². The van der Waals surface area contributed by atoms with Gasteiger partial charge in [-0.25, -0.2) is 0 Å². The van der Waals surface area contributed by atoms with E-state index in [9.17, 15) is 9.59 Å². The van der Waals surface area contributed by atoms with Gasteiger partial charge in [-0.3, -0.25) is 9.59 Å². The fraction of sp³-hybridized carbons (Fsp3) is 0.500. The van der Waals surface area contributed by atoms with Crippen LogP contribution in [-0.4, -0.2) is 31.4 Å². The highest BCUT2D eigenvalue weighted by molar-refractivity contribution is 5.94. The van der Waals surface area contributed by atoms with Crippen LogP contribution in [0.4, 0.5) is 0 Å². The molecular formula is C16H25N3O2. The average molecular weight is 291 g/mol. The molecule has 116 valence electrons. The summed E-state index contributed by atoms with van der Waals surface area (Å²) in [5.74, 6) is -0.0773. The Morgan fingerprint density at radius 2 is 2.05 bits per heavy atom. The van der Waals surface area contributed by atoms with E-state index >= 15 is 0 Å². The molecule has 1 atom stereocenters. The van der Waals surface area contributed by atoms with Gasteiger partial charge < -0.3 is 16.0 Å². The number of amides is 2. The van der Waals surface area contributed by atoms with Gasteiger partial charge in [-0.15, -0.1) is 0 Å². The van der Waals surface area contributed by atoms with Crippen molar-refractivity contribution in [2.45, 2.75) is 39.3 Å². The van der Waals surface area contributed by atoms with Crippen LogP contribution in [0.3, 0.4) is 0 Å². The molecule has 5 nitrogen and oxygen atoms in total. The molecule has 0 heterocycles. The van der Waals surface area contributed by atoms with Crippen molar-refractivity contribution < 1.29 is 9.59 Å². The normalized spacial score (nSPS) is 11.8. The summed E-state index contributed by atoms with van der Waals surface area (Å²) in [7, 11) is 1.81. The molecule has 1 aromatic rings. The summed E-state index contributed by atoms with van der Waals surface area (Å²) in [6.45, 7) is 5.10. The first-order chi connectivity index (χ1) is 10.1. The lowest BCUT2D eigenvalue weighted by atomic mass is 10.1. The number of carbonyl (C=O) groups excluding carboxylic acids is 2. The van der Waals surface area contributed by atoms with E-state index in [1.807, 2.05) is 39.1 Å². The minimum absolute atomic E-state index is 0.00110. The van der Waals surface area contributed by atoms with E-state index in [-0.39, 0.29) is 17.9 Å². The maximum Gasteiger partial charge on any atom is 0.251 e. The third-order valence-electron chi connectivity index (χ3n) is 3.27. The van der Waals surface area contributed by atoms with Crippen molar-refractivity contribution in [1.29, 1.82) is 0 Å². The molecule has 0 spiro atoms. The summed E-state index contributed by atoms with van der Waals surface area (Å²) in [4.78, 5) is 23.6. The topological polar surface area (TPSA) is 70.2 Å². The Bertz CT molecular complexity index is 474. The molecule has 3 N–H and O–H groups in total. The van der Waals surface area contributed by atoms with Crippen molar-refractivity contribution in [1.82, 2.24) is 16.0 Å². The Balaban J connectivity index is 2.56. The lowest BCUT2D eigenvalue weighted by Crippen LogP contribution is -2.32. The standard InChI is InChI=1S/C16H25N3O2/c1-4-12(2)19-16(21)14-7-5-6-13(10-14)11-18-15(20)8-9-17-3/h5-7,10,12,17H,4,8-9,11H2,1-3H3,(H,18,20)(H,19,21). The number of carbonyl (C=O) groups is 2. The van der Waals surface area contributed by atoms with Crippen LogP contribution in [0.15, 0.2) is 24.3 Å². The zero-order valence-electron chi connectivity index (χ0n) is 13.0. The second-order valence-corrected chi connectivity index (χ2v) is 5.11. The summed E-state index contributed by atoms with van der Waals surface area (Å²) in [5, 5.41) is 8.70. The van der Waals surface area contributed by atoms with Crippen LogP contribution in [0.1, 0.15) is 42.6 Å². The fourth-order valence-corrected chi connectivity index (χ4v) is 1.76. The highest BCUT2D eigenvalue weighted by atomic mass is 16.2. The molecule has 2 amide bonds. The Hall–Kier alpha value is -1.88. The number of hydrogen-bond donors (Lipinski definition) is 3. The number of nitrogens with one attached hydrogen (secondary N) is 3. The average Bonchev–Trinajstić information content (AvgIpc) is 2.50. The van der Waals surface area contributed by atoms with Gasteiger partial charge in [-0.2, -0.15) is 0 Å². The predicted octanol–water partition coefficient (Wildman–Crippen LogP) is 1.44. The lowest BCUT2D eigenvalue weighted by Gasteiger charge is -2.12. The molecular weight excluding hydrogens is 266 g/mol. The summed E-state index contributed by atoms with van der Waals surface area (Å²) in [6, 6.07) is 7.49. The smallest absolute Gasteiger partial charge is 0.251 e. The van der Waals surface area contributed by atoms with Gasteiger partial charge in [0.05, 0.1) is 0 Å². The van der Waals surface area contributed by atoms with Gasteiger partial charge in [0.1, 0.15) is 0 Å². The highest BCUT2D eigenvalue weighted by Gasteiger charge is 2.09. The zero-order chi connectivity index (χ0) is 15.7. The van der Waals surface area contributed by atoms with Crippen molar-refractivity contribution in [2.75, 3.05) is 13.6 Å². The molecule has 1 unspecified atom stereocenters. The molecule has 0 aliphatic carbocycles. The fourth-order valence-electron chi connectivity index (χ4n) is 1.76. The molecule has 1 rings (SSSR count). The predicted molar refractivity (Wildman–Crippen MR) is 84.1 cm³/mol. The molecule has 0 aliphatic rings. The molecule has 0 bridgehead atoms. The van der Waals surface area contributed by atoms with E-state index in [0.29, 0.717) is 25.1 Å². The van der Waals surface area contributed by atoms with Gasteiger partial charge in [-0.1, -0.05) is 19.1 Å². The lowest BCUT2D eigenvalue weighted by molar-refractivity contribution is -0.121. The van der Waals surface area contributed by atoms with Gasteiger partial charge in [0, 0.05) is 31.1 Å². The summed E-state index contributed by atoms with van der Waals surface area (Å²) in [5.41, 5.74) is 1.54. The largest absolute Gasteiger partial charge is 0.352 e. The van der Waals surface area contributed by atoms with E-state index < -0.39 is 0 Å². The van der Waals surface area contributed by atoms with Gasteiger partial charge in [0.15, 0.2) is 0 Å². The van der Waals surface area contributed by atoms with Gasteiger partial charge >= 0.3 is 0 Å². The molecule has 0 fully saturated rings. The molecule has 5 heteroatoms. The van der Waals surface area contributed by atoms with E-state index in [1.165, 1.54) is 0 Å². The Morgan fingerprint density at radius 3 is 2.71 bits per heavy atom. The maximum absolute atomic E-state index is 12.0. The summed E-state index contributed by atoms with van der Waals surface area (Å²) < 4.78 is 0. The van der Waals surface area contributed by atoms with Crippen LogP contribution in [0.2, 0.25) is 0 Å². The molecule has 0 saturated heterocycles. The van der Waals surface area contributed by atoms with Crippen molar-refractivity contribution in [3.05, 3.63) is 35.4 Å². The van der Waals surface area contributed by atoms with Crippen LogP contribution in [0.5, 0.6) is 0 Å². The number of rotatable bonds is 8. The third-order valence-corrected chi connectivity index (χ3v) is 3.27. The van der Waals surface area contributed by atoms with Gasteiger partial charge in [0.25, 0.3) is 5.91 Å². The molecule has 21 heavy (non-hydrogen) atoms. The quantitative estimate of drug-likeness (QED) is 0.679.